The van der Waals surface area contributed by atoms with E-state index in [0.29, 0.717) is 25.1 Å². The van der Waals surface area contributed by atoms with Crippen molar-refractivity contribution in [2.24, 2.45) is 0 Å². The second kappa shape index (κ2) is 4.63. The molecule has 1 fully saturated rings. The maximum absolute atomic E-state index is 12.4. The number of hydrogen-bond acceptors (Lipinski definition) is 3. The van der Waals surface area contributed by atoms with Gasteiger partial charge in [-0.3, -0.25) is 4.79 Å². The number of aromatic nitrogens is 1. The molecule has 20 heavy (non-hydrogen) atoms. The fourth-order valence-electron chi connectivity index (χ4n) is 2.63. The molecule has 0 radical (unpaired) electrons. The van der Waals surface area contributed by atoms with Gasteiger partial charge in [-0.05, 0) is 30.0 Å². The van der Waals surface area contributed by atoms with E-state index in [-0.39, 0.29) is 5.91 Å². The second-order valence-electron chi connectivity index (χ2n) is 5.27. The van der Waals surface area contributed by atoms with Crippen LogP contribution < -0.4 is 0 Å². The first kappa shape index (κ1) is 13.2. The van der Waals surface area contributed by atoms with E-state index in [4.69, 9.17) is 0 Å². The number of likely N-dealkylation sites (tertiary alicyclic amines) is 1. The third kappa shape index (κ3) is 2.31. The number of carbonyl (C=O) groups excluding carboxylic acids is 1. The molecule has 106 valence electrons. The largest absolute Gasteiger partial charge is 0.361 e. The molecule has 1 unspecified atom stereocenters. The van der Waals surface area contributed by atoms with Crippen molar-refractivity contribution in [1.29, 1.82) is 0 Å². The molecule has 0 saturated carbocycles. The van der Waals surface area contributed by atoms with Gasteiger partial charge in [0.25, 0.3) is 5.91 Å². The number of fused-ring (bicyclic) bond motifs is 1. The number of amides is 1. The lowest BCUT2D eigenvalue weighted by Crippen LogP contribution is -2.31. The Morgan fingerprint density at radius 1 is 1.35 bits per heavy atom. The van der Waals surface area contributed by atoms with Crippen LogP contribution in [0.3, 0.4) is 0 Å². The van der Waals surface area contributed by atoms with Crippen molar-refractivity contribution in [2.45, 2.75) is 11.7 Å². The maximum atomic E-state index is 12.4. The summed E-state index contributed by atoms with van der Waals surface area (Å²) in [5.41, 5.74) is 1.50. The molecule has 6 heteroatoms. The summed E-state index contributed by atoms with van der Waals surface area (Å²) in [6, 6.07) is 7.43. The molecular weight excluding hydrogens is 276 g/mol. The predicted molar refractivity (Wildman–Crippen MR) is 77.5 cm³/mol. The van der Waals surface area contributed by atoms with Gasteiger partial charge in [0.1, 0.15) is 0 Å². The van der Waals surface area contributed by atoms with Crippen LogP contribution >= 0.6 is 0 Å². The molecule has 1 aliphatic heterocycles. The Kier molecular flexibility index (Phi) is 3.05. The van der Waals surface area contributed by atoms with Crippen LogP contribution in [-0.4, -0.2) is 48.8 Å². The first-order chi connectivity index (χ1) is 9.45. The third-order valence-corrected chi connectivity index (χ3v) is 5.44. The van der Waals surface area contributed by atoms with Crippen LogP contribution in [0.15, 0.2) is 30.5 Å². The number of nitrogens with zero attached hydrogens (tertiary/aromatic N) is 1. The number of H-pyrrole nitrogens is 1. The van der Waals surface area contributed by atoms with Crippen molar-refractivity contribution in [1.82, 2.24) is 9.88 Å². The maximum Gasteiger partial charge on any atom is 0.253 e. The smallest absolute Gasteiger partial charge is 0.253 e. The van der Waals surface area contributed by atoms with Crippen molar-refractivity contribution in [2.75, 3.05) is 19.3 Å². The zero-order valence-corrected chi connectivity index (χ0v) is 12.0. The molecule has 3 rings (SSSR count). The van der Waals surface area contributed by atoms with Gasteiger partial charge in [-0.15, -0.1) is 0 Å². The molecule has 2 heterocycles. The van der Waals surface area contributed by atoms with Crippen LogP contribution in [0.5, 0.6) is 0 Å². The van der Waals surface area contributed by atoms with Gasteiger partial charge in [-0.2, -0.15) is 0 Å². The Balaban J connectivity index is 1.82. The van der Waals surface area contributed by atoms with E-state index >= 15 is 0 Å². The summed E-state index contributed by atoms with van der Waals surface area (Å²) in [5, 5.41) is 0.623. The number of sulfone groups is 1. The molecular formula is C14H16N2O3S. The predicted octanol–water partition coefficient (Wildman–Crippen LogP) is 1.43. The van der Waals surface area contributed by atoms with Crippen LogP contribution in [0.1, 0.15) is 16.8 Å². The molecule has 1 aliphatic rings. The Bertz CT molecular complexity index is 764. The highest BCUT2D eigenvalue weighted by Gasteiger charge is 2.32. The normalized spacial score (nSPS) is 19.6. The molecule has 0 spiro atoms. The molecule has 1 N–H and O–H groups in total. The van der Waals surface area contributed by atoms with Crippen molar-refractivity contribution in [3.63, 3.8) is 0 Å². The summed E-state index contributed by atoms with van der Waals surface area (Å²) in [4.78, 5) is 17.1. The molecule has 1 amide bonds. The number of carbonyl (C=O) groups is 1. The highest BCUT2D eigenvalue weighted by atomic mass is 32.2. The molecule has 1 saturated heterocycles. The van der Waals surface area contributed by atoms with Gasteiger partial charge in [0.2, 0.25) is 0 Å². The van der Waals surface area contributed by atoms with Gasteiger partial charge in [-0.1, -0.05) is 6.07 Å². The fourth-order valence-corrected chi connectivity index (χ4v) is 3.61. The lowest BCUT2D eigenvalue weighted by Gasteiger charge is -2.16. The van der Waals surface area contributed by atoms with E-state index in [1.807, 2.05) is 24.4 Å². The Morgan fingerprint density at radius 2 is 2.15 bits per heavy atom. The van der Waals surface area contributed by atoms with E-state index in [1.54, 1.807) is 11.0 Å². The highest BCUT2D eigenvalue weighted by molar-refractivity contribution is 7.91. The van der Waals surface area contributed by atoms with Crippen LogP contribution in [0.2, 0.25) is 0 Å². The first-order valence-electron chi connectivity index (χ1n) is 6.50. The van der Waals surface area contributed by atoms with E-state index in [9.17, 15) is 13.2 Å². The molecule has 0 aliphatic carbocycles. The summed E-state index contributed by atoms with van der Waals surface area (Å²) in [7, 11) is -3.08. The van der Waals surface area contributed by atoms with E-state index in [2.05, 4.69) is 4.98 Å². The van der Waals surface area contributed by atoms with Crippen molar-refractivity contribution in [3.05, 3.63) is 36.0 Å². The van der Waals surface area contributed by atoms with Gasteiger partial charge in [0, 0.05) is 36.6 Å². The zero-order valence-electron chi connectivity index (χ0n) is 11.2. The average molecular weight is 292 g/mol. The summed E-state index contributed by atoms with van der Waals surface area (Å²) >= 11 is 0. The SMILES string of the molecule is CS(=O)(=O)C1CCN(C(=O)c2ccc3cc[nH]c3c2)C1. The minimum atomic E-state index is -3.08. The van der Waals surface area contributed by atoms with Crippen LogP contribution in [0.4, 0.5) is 0 Å². The van der Waals surface area contributed by atoms with E-state index in [0.717, 1.165) is 10.9 Å². The fraction of sp³-hybridized carbons (Fsp3) is 0.357. The van der Waals surface area contributed by atoms with Crippen LogP contribution in [0.25, 0.3) is 10.9 Å². The molecule has 1 aromatic heterocycles. The minimum absolute atomic E-state index is 0.104. The number of benzene rings is 1. The standard InChI is InChI=1S/C14H16N2O3S/c1-20(18,19)12-5-7-16(9-12)14(17)11-3-2-10-4-6-15-13(10)8-11/h2-4,6,8,12,15H,5,7,9H2,1H3. The summed E-state index contributed by atoms with van der Waals surface area (Å²) in [6.07, 6.45) is 3.58. The number of hydrogen-bond donors (Lipinski definition) is 1. The van der Waals surface area contributed by atoms with Crippen LogP contribution in [0, 0.1) is 0 Å². The van der Waals surface area contributed by atoms with Gasteiger partial charge < -0.3 is 9.88 Å². The number of nitrogens with one attached hydrogen (secondary N) is 1. The Labute approximate surface area is 117 Å². The van der Waals surface area contributed by atoms with E-state index < -0.39 is 15.1 Å². The first-order valence-corrected chi connectivity index (χ1v) is 8.46. The van der Waals surface area contributed by atoms with Gasteiger partial charge in [0.15, 0.2) is 9.84 Å². The Hall–Kier alpha value is -1.82. The van der Waals surface area contributed by atoms with Gasteiger partial charge >= 0.3 is 0 Å². The van der Waals surface area contributed by atoms with E-state index in [1.165, 1.54) is 6.26 Å². The summed E-state index contributed by atoms with van der Waals surface area (Å²) in [5.74, 6) is -0.104. The minimum Gasteiger partial charge on any atom is -0.361 e. The van der Waals surface area contributed by atoms with Crippen molar-refractivity contribution in [3.8, 4) is 0 Å². The Morgan fingerprint density at radius 3 is 2.85 bits per heavy atom. The lowest BCUT2D eigenvalue weighted by atomic mass is 10.1. The van der Waals surface area contributed by atoms with Gasteiger partial charge in [0.05, 0.1) is 5.25 Å². The summed E-state index contributed by atoms with van der Waals surface area (Å²) < 4.78 is 23.1. The monoisotopic (exact) mass is 292 g/mol. The van der Waals surface area contributed by atoms with Crippen molar-refractivity contribution >= 4 is 26.6 Å². The van der Waals surface area contributed by atoms with Crippen molar-refractivity contribution < 1.29 is 13.2 Å². The topological polar surface area (TPSA) is 70.2 Å². The zero-order chi connectivity index (χ0) is 14.3. The molecule has 5 nitrogen and oxygen atoms in total. The molecule has 1 atom stereocenters. The molecule has 0 bridgehead atoms. The second-order valence-corrected chi connectivity index (χ2v) is 7.60. The van der Waals surface area contributed by atoms with Crippen LogP contribution in [-0.2, 0) is 9.84 Å². The highest BCUT2D eigenvalue weighted by Crippen LogP contribution is 2.20. The number of rotatable bonds is 2. The van der Waals surface area contributed by atoms with Gasteiger partial charge in [-0.25, -0.2) is 8.42 Å². The quantitative estimate of drug-likeness (QED) is 0.910. The lowest BCUT2D eigenvalue weighted by molar-refractivity contribution is 0.0793. The third-order valence-electron chi connectivity index (χ3n) is 3.84. The molecule has 2 aromatic rings. The molecule has 1 aromatic carbocycles. The summed E-state index contributed by atoms with van der Waals surface area (Å²) in [6.45, 7) is 0.791. The average Bonchev–Trinajstić information content (AvgIpc) is 3.05. The number of aromatic amines is 1.